The van der Waals surface area contributed by atoms with E-state index in [0.29, 0.717) is 5.69 Å². The molecule has 0 bridgehead atoms. The molecule has 1 N–H and O–H groups in total. The van der Waals surface area contributed by atoms with E-state index in [1.807, 2.05) is 0 Å². The predicted octanol–water partition coefficient (Wildman–Crippen LogP) is -1.16. The number of nitro groups is 1. The summed E-state index contributed by atoms with van der Waals surface area (Å²) in [5, 5.41) is 13.0. The number of hydrogen-bond donors (Lipinski definition) is 1. The summed E-state index contributed by atoms with van der Waals surface area (Å²) in [5.74, 6) is 0. The zero-order chi connectivity index (χ0) is 9.84. The molecule has 0 saturated heterocycles. The van der Waals surface area contributed by atoms with E-state index in [4.69, 9.17) is 0 Å². The first kappa shape index (κ1) is 14.4. The average Bonchev–Trinajstić information content (AvgIpc) is 2.03. The summed E-state index contributed by atoms with van der Waals surface area (Å²) in [5.41, 5.74) is 0.547. The number of nitrogens with one attached hydrogen (secondary N) is 1. The van der Waals surface area contributed by atoms with Crippen LogP contribution in [0.15, 0.2) is 24.3 Å². The minimum Gasteiger partial charge on any atom is -0.411 e. The smallest absolute Gasteiger partial charge is 0.411 e. The molecule has 68 valence electrons. The third kappa shape index (κ3) is 4.74. The van der Waals surface area contributed by atoms with Gasteiger partial charge in [0, 0.05) is 17.8 Å². The van der Waals surface area contributed by atoms with Crippen molar-refractivity contribution < 1.29 is 56.3 Å². The molecule has 0 atom stereocenters. The zero-order valence-corrected chi connectivity index (χ0v) is 12.1. The Balaban J connectivity index is 0.00000169. The summed E-state index contributed by atoms with van der Waals surface area (Å²) < 4.78 is 0.167. The topological polar surface area (TPSA) is 55.2 Å². The predicted molar refractivity (Wildman–Crippen MR) is 56.7 cm³/mol. The summed E-state index contributed by atoms with van der Waals surface area (Å²) in [7, 11) is 0. The molecule has 0 aliphatic rings. The Bertz CT molecular complexity index is 359. The molecule has 0 amide bonds. The van der Waals surface area contributed by atoms with Crippen LogP contribution < -0.4 is 56.7 Å². The van der Waals surface area contributed by atoms with E-state index in [9.17, 15) is 10.1 Å². The fourth-order valence-corrected chi connectivity index (χ4v) is 1.05. The van der Waals surface area contributed by atoms with Crippen molar-refractivity contribution in [3.05, 3.63) is 34.4 Å². The van der Waals surface area contributed by atoms with Gasteiger partial charge in [-0.1, -0.05) is 10.4 Å². The van der Waals surface area contributed by atoms with Crippen LogP contribution in [0.25, 0.3) is 0 Å². The number of rotatable bonds is 2. The van der Waals surface area contributed by atoms with E-state index in [1.165, 1.54) is 12.1 Å². The van der Waals surface area contributed by atoms with Gasteiger partial charge in [-0.15, -0.1) is 0 Å². The Morgan fingerprint density at radius 1 is 1.57 bits per heavy atom. The van der Waals surface area contributed by atoms with Crippen LogP contribution in [-0.4, -0.2) is 9.24 Å². The van der Waals surface area contributed by atoms with Gasteiger partial charge < -0.3 is 30.2 Å². The van der Waals surface area contributed by atoms with Gasteiger partial charge in [0.1, 0.15) is 0 Å². The summed E-state index contributed by atoms with van der Waals surface area (Å²) in [4.78, 5) is 9.88. The van der Waals surface area contributed by atoms with Crippen LogP contribution >= 0.6 is 12.2 Å². The number of anilines is 1. The van der Waals surface area contributed by atoms with Crippen molar-refractivity contribution in [1.29, 1.82) is 0 Å². The molecule has 0 saturated carbocycles. The van der Waals surface area contributed by atoms with Gasteiger partial charge in [0.2, 0.25) is 0 Å². The number of hydrogen-bond acceptors (Lipinski definition) is 4. The third-order valence-corrected chi connectivity index (χ3v) is 1.51. The monoisotopic (exact) mass is 252 g/mol. The van der Waals surface area contributed by atoms with Crippen molar-refractivity contribution in [2.45, 2.75) is 0 Å². The van der Waals surface area contributed by atoms with E-state index < -0.39 is 4.92 Å². The molecule has 0 unspecified atom stereocenters. The summed E-state index contributed by atoms with van der Waals surface area (Å²) in [6, 6.07) is 6.00. The number of benzene rings is 1. The van der Waals surface area contributed by atoms with Crippen molar-refractivity contribution in [2.24, 2.45) is 0 Å². The summed E-state index contributed by atoms with van der Waals surface area (Å²) >= 11 is 9.24. The van der Waals surface area contributed by atoms with Crippen molar-refractivity contribution >= 4 is 40.5 Å². The molecule has 0 fully saturated rings. The van der Waals surface area contributed by atoms with Crippen LogP contribution in [-0.2, 0) is 12.6 Å². The maximum atomic E-state index is 10.4. The molecule has 14 heavy (non-hydrogen) atoms. The standard InChI is InChI=1S/C7H6N2O2S2.K/c10-9(11)6-3-1-2-5(4-6)8-7(12)13;/h1-4H,(H2,8,12,13);/q;+1/p-1. The first-order valence-corrected chi connectivity index (χ1v) is 4.13. The van der Waals surface area contributed by atoms with Crippen LogP contribution in [0.1, 0.15) is 0 Å². The largest absolute Gasteiger partial charge is 1.00 e. The van der Waals surface area contributed by atoms with Gasteiger partial charge in [0.15, 0.2) is 0 Å². The summed E-state index contributed by atoms with van der Waals surface area (Å²) in [6.07, 6.45) is 0. The van der Waals surface area contributed by atoms with Gasteiger partial charge in [-0.05, 0) is 6.07 Å². The minimum atomic E-state index is -0.475. The van der Waals surface area contributed by atoms with Crippen molar-refractivity contribution in [2.75, 3.05) is 5.32 Å². The normalized spacial score (nSPS) is 8.57. The third-order valence-electron chi connectivity index (χ3n) is 1.30. The molecule has 1 aromatic carbocycles. The second-order valence-electron chi connectivity index (χ2n) is 2.22. The molecule has 0 aliphatic carbocycles. The molecule has 0 spiro atoms. The van der Waals surface area contributed by atoms with E-state index in [0.717, 1.165) is 0 Å². The fourth-order valence-electron chi connectivity index (χ4n) is 0.815. The van der Waals surface area contributed by atoms with Crippen LogP contribution in [0.3, 0.4) is 0 Å². The Morgan fingerprint density at radius 2 is 2.21 bits per heavy atom. The van der Waals surface area contributed by atoms with Gasteiger partial charge in [0.25, 0.3) is 5.69 Å². The van der Waals surface area contributed by atoms with E-state index in [1.54, 1.807) is 12.1 Å². The zero-order valence-electron chi connectivity index (χ0n) is 7.39. The molecule has 1 aromatic rings. The molecule has 4 nitrogen and oxygen atoms in total. The Hall–Kier alpha value is 0.366. The maximum absolute atomic E-state index is 10.4. The number of nitro benzene ring substituents is 1. The second-order valence-corrected chi connectivity index (χ2v) is 3.29. The van der Waals surface area contributed by atoms with Gasteiger partial charge in [0.05, 0.1) is 4.92 Å². The van der Waals surface area contributed by atoms with Gasteiger partial charge >= 0.3 is 51.4 Å². The van der Waals surface area contributed by atoms with Crippen LogP contribution in [0, 0.1) is 10.1 Å². The number of non-ortho nitro benzene ring substituents is 1. The molecular formula is C7H5KN2O2S2. The second kappa shape index (κ2) is 6.78. The Morgan fingerprint density at radius 3 is 2.71 bits per heavy atom. The molecule has 0 aliphatic heterocycles. The quantitative estimate of drug-likeness (QED) is 0.237. The molecule has 0 aromatic heterocycles. The van der Waals surface area contributed by atoms with E-state index in [2.05, 4.69) is 30.2 Å². The van der Waals surface area contributed by atoms with E-state index in [-0.39, 0.29) is 61.4 Å². The van der Waals surface area contributed by atoms with Gasteiger partial charge in [-0.25, -0.2) is 0 Å². The summed E-state index contributed by atoms with van der Waals surface area (Å²) in [6.45, 7) is 0. The first-order chi connectivity index (χ1) is 6.09. The Kier molecular flexibility index (Phi) is 6.96. The molecular weight excluding hydrogens is 247 g/mol. The van der Waals surface area contributed by atoms with Crippen molar-refractivity contribution in [3.63, 3.8) is 0 Å². The van der Waals surface area contributed by atoms with Gasteiger partial charge in [-0.2, -0.15) is 0 Å². The van der Waals surface area contributed by atoms with Crippen LogP contribution in [0.2, 0.25) is 0 Å². The molecule has 7 heteroatoms. The number of thiocarbonyl (C=S) groups is 1. The van der Waals surface area contributed by atoms with Crippen LogP contribution in [0.5, 0.6) is 0 Å². The SMILES string of the molecule is O=[N+]([O-])c1cccc(NC(=S)[S-])c1.[K+]. The molecule has 0 heterocycles. The molecule has 1 rings (SSSR count). The maximum Gasteiger partial charge on any atom is 1.00 e. The average molecular weight is 252 g/mol. The minimum absolute atomic E-state index is 0. The first-order valence-electron chi connectivity index (χ1n) is 3.32. The fraction of sp³-hybridized carbons (Fsp3) is 0. The van der Waals surface area contributed by atoms with Crippen molar-refractivity contribution in [3.8, 4) is 0 Å². The molecule has 0 radical (unpaired) electrons. The van der Waals surface area contributed by atoms with E-state index >= 15 is 0 Å². The van der Waals surface area contributed by atoms with Crippen molar-refractivity contribution in [1.82, 2.24) is 0 Å². The number of nitrogens with zero attached hydrogens (tertiary/aromatic N) is 1. The Labute approximate surface area is 134 Å². The van der Waals surface area contributed by atoms with Crippen LogP contribution in [0.4, 0.5) is 11.4 Å². The van der Waals surface area contributed by atoms with Gasteiger partial charge in [-0.3, -0.25) is 10.1 Å².